The van der Waals surface area contributed by atoms with Crippen LogP contribution in [0.25, 0.3) is 0 Å². The van der Waals surface area contributed by atoms with Crippen molar-refractivity contribution in [2.75, 3.05) is 0 Å². The monoisotopic (exact) mass is 254 g/mol. The van der Waals surface area contributed by atoms with Gasteiger partial charge in [0.15, 0.2) is 5.78 Å². The first kappa shape index (κ1) is 10.9. The molecule has 4 rings (SSSR count). The summed E-state index contributed by atoms with van der Waals surface area (Å²) in [6.07, 6.45) is 0.516. The molecule has 1 aliphatic carbocycles. The van der Waals surface area contributed by atoms with E-state index in [0.29, 0.717) is 12.8 Å². The molecule has 3 saturated heterocycles. The van der Waals surface area contributed by atoms with Crippen LogP contribution in [0, 0.1) is 0 Å². The first-order valence-corrected chi connectivity index (χ1v) is 6.34. The van der Waals surface area contributed by atoms with Crippen molar-refractivity contribution in [3.63, 3.8) is 0 Å². The second kappa shape index (κ2) is 3.31. The van der Waals surface area contributed by atoms with Gasteiger partial charge in [0.05, 0.1) is 18.6 Å². The molecule has 0 aromatic rings. The number of carbonyl (C=O) groups excluding carboxylic acids is 1. The molecule has 18 heavy (non-hydrogen) atoms. The molecule has 4 fully saturated rings. The second-order valence-corrected chi connectivity index (χ2v) is 5.57. The number of fused-ring (bicyclic) bond motifs is 2. The molecule has 3 heterocycles. The normalized spacial score (nSPS) is 52.7. The lowest BCUT2D eigenvalue weighted by molar-refractivity contribution is -0.181. The highest BCUT2D eigenvalue weighted by Crippen LogP contribution is 2.55. The van der Waals surface area contributed by atoms with E-state index in [4.69, 9.17) is 19.3 Å². The molecular weight excluding hydrogens is 240 g/mol. The number of carboxylic acids is 1. The van der Waals surface area contributed by atoms with Gasteiger partial charge >= 0.3 is 5.97 Å². The average molecular weight is 254 g/mol. The van der Waals surface area contributed by atoms with Crippen LogP contribution in [0.5, 0.6) is 0 Å². The first-order chi connectivity index (χ1) is 8.60. The van der Waals surface area contributed by atoms with Gasteiger partial charge in [0.25, 0.3) is 0 Å². The first-order valence-electron chi connectivity index (χ1n) is 6.34. The zero-order valence-corrected chi connectivity index (χ0v) is 9.70. The molecule has 1 N–H and O–H groups in total. The summed E-state index contributed by atoms with van der Waals surface area (Å²) < 4.78 is 17.2. The van der Waals surface area contributed by atoms with Crippen LogP contribution in [0.4, 0.5) is 0 Å². The van der Waals surface area contributed by atoms with E-state index in [-0.39, 0.29) is 36.6 Å². The van der Waals surface area contributed by atoms with Crippen LogP contribution in [0.3, 0.4) is 0 Å². The van der Waals surface area contributed by atoms with Gasteiger partial charge in [-0.15, -0.1) is 0 Å². The Bertz CT molecular complexity index is 434. The highest BCUT2D eigenvalue weighted by Gasteiger charge is 2.73. The number of epoxide rings is 1. The molecule has 1 spiro atoms. The zero-order chi connectivity index (χ0) is 12.5. The number of carboxylic acid groups (broad SMARTS) is 1. The van der Waals surface area contributed by atoms with Crippen molar-refractivity contribution in [3.05, 3.63) is 0 Å². The molecule has 4 aliphatic rings. The van der Waals surface area contributed by atoms with Gasteiger partial charge in [0.2, 0.25) is 0 Å². The van der Waals surface area contributed by atoms with Crippen LogP contribution in [-0.2, 0) is 23.8 Å². The van der Waals surface area contributed by atoms with Crippen LogP contribution in [0.1, 0.15) is 25.7 Å². The average Bonchev–Trinajstić information content (AvgIpc) is 3.03. The Morgan fingerprint density at radius 2 is 2.22 bits per heavy atom. The fourth-order valence-electron chi connectivity index (χ4n) is 3.68. The number of Topliss-reactive ketones (excluding diaryl/α,β-unsaturated/α-hetero) is 1. The molecule has 0 aromatic heterocycles. The summed E-state index contributed by atoms with van der Waals surface area (Å²) in [6, 6.07) is 0. The summed E-state index contributed by atoms with van der Waals surface area (Å²) >= 11 is 0. The smallest absolute Gasteiger partial charge is 0.305 e. The number of hydrogen-bond acceptors (Lipinski definition) is 5. The molecule has 0 amide bonds. The van der Waals surface area contributed by atoms with Gasteiger partial charge < -0.3 is 19.3 Å². The standard InChI is InChI=1S/C12H14O6/c13-8(14)3-5-1-2-7-12(18-5)4-6(16-7)9(15)10-11(12)17-10/h5-7,10-11H,1-4H2,(H,13,14)/t5-,6-,7+,10+,11?,12+/m1/s1. The maximum absolute atomic E-state index is 11.8. The molecule has 6 atom stereocenters. The predicted octanol–water partition coefficient (Wildman–Crippen LogP) is -0.113. The topological polar surface area (TPSA) is 85.4 Å². The molecule has 6 heteroatoms. The highest BCUT2D eigenvalue weighted by atomic mass is 16.7. The summed E-state index contributed by atoms with van der Waals surface area (Å²) in [4.78, 5) is 22.6. The van der Waals surface area contributed by atoms with Gasteiger partial charge in [0.1, 0.15) is 23.9 Å². The van der Waals surface area contributed by atoms with Crippen LogP contribution in [0.15, 0.2) is 0 Å². The maximum atomic E-state index is 11.8. The van der Waals surface area contributed by atoms with Gasteiger partial charge in [-0.05, 0) is 12.8 Å². The summed E-state index contributed by atoms with van der Waals surface area (Å²) in [5.74, 6) is -0.830. The number of carbonyl (C=O) groups is 2. The van der Waals surface area contributed by atoms with Crippen LogP contribution >= 0.6 is 0 Å². The quantitative estimate of drug-likeness (QED) is 0.692. The third-order valence-corrected chi connectivity index (χ3v) is 4.49. The summed E-state index contributed by atoms with van der Waals surface area (Å²) in [7, 11) is 0. The Morgan fingerprint density at radius 1 is 1.39 bits per heavy atom. The number of ketones is 1. The summed E-state index contributed by atoms with van der Waals surface area (Å²) in [5.41, 5.74) is -0.568. The molecular formula is C12H14O6. The van der Waals surface area contributed by atoms with E-state index < -0.39 is 17.7 Å². The van der Waals surface area contributed by atoms with E-state index in [0.717, 1.165) is 6.42 Å². The van der Waals surface area contributed by atoms with Gasteiger partial charge in [-0.25, -0.2) is 0 Å². The van der Waals surface area contributed by atoms with Crippen molar-refractivity contribution >= 4 is 11.8 Å². The van der Waals surface area contributed by atoms with Crippen molar-refractivity contribution in [1.29, 1.82) is 0 Å². The molecule has 2 bridgehead atoms. The van der Waals surface area contributed by atoms with Crippen molar-refractivity contribution < 1.29 is 28.9 Å². The highest BCUT2D eigenvalue weighted by molar-refractivity contribution is 5.92. The molecule has 0 radical (unpaired) electrons. The lowest BCUT2D eigenvalue weighted by Gasteiger charge is -2.41. The van der Waals surface area contributed by atoms with Crippen molar-refractivity contribution in [2.45, 2.75) is 61.8 Å². The third kappa shape index (κ3) is 1.28. The fraction of sp³-hybridized carbons (Fsp3) is 0.833. The molecule has 1 unspecified atom stereocenters. The van der Waals surface area contributed by atoms with Gasteiger partial charge in [0, 0.05) is 6.42 Å². The van der Waals surface area contributed by atoms with Crippen molar-refractivity contribution in [3.8, 4) is 0 Å². The number of ether oxygens (including phenoxy) is 3. The number of hydrogen-bond donors (Lipinski definition) is 1. The lowest BCUT2D eigenvalue weighted by Crippen LogP contribution is -2.54. The lowest BCUT2D eigenvalue weighted by atomic mass is 9.78. The molecule has 1 saturated carbocycles. The van der Waals surface area contributed by atoms with E-state index in [1.807, 2.05) is 0 Å². The molecule has 3 aliphatic heterocycles. The minimum absolute atomic E-state index is 0.00443. The molecule has 98 valence electrons. The van der Waals surface area contributed by atoms with E-state index in [2.05, 4.69) is 0 Å². The van der Waals surface area contributed by atoms with Crippen LogP contribution in [-0.4, -0.2) is 53.0 Å². The number of rotatable bonds is 2. The maximum Gasteiger partial charge on any atom is 0.305 e. The summed E-state index contributed by atoms with van der Waals surface area (Å²) in [6.45, 7) is 0. The Labute approximate surface area is 103 Å². The van der Waals surface area contributed by atoms with E-state index >= 15 is 0 Å². The van der Waals surface area contributed by atoms with Gasteiger partial charge in [-0.2, -0.15) is 0 Å². The van der Waals surface area contributed by atoms with Crippen molar-refractivity contribution in [1.82, 2.24) is 0 Å². The van der Waals surface area contributed by atoms with Crippen LogP contribution in [0.2, 0.25) is 0 Å². The van der Waals surface area contributed by atoms with E-state index in [1.54, 1.807) is 0 Å². The largest absolute Gasteiger partial charge is 0.481 e. The van der Waals surface area contributed by atoms with Gasteiger partial charge in [-0.1, -0.05) is 0 Å². The van der Waals surface area contributed by atoms with Crippen LogP contribution < -0.4 is 0 Å². The fourth-order valence-corrected chi connectivity index (χ4v) is 3.68. The number of aliphatic carboxylic acids is 1. The van der Waals surface area contributed by atoms with Crippen molar-refractivity contribution in [2.24, 2.45) is 0 Å². The predicted molar refractivity (Wildman–Crippen MR) is 56.0 cm³/mol. The Morgan fingerprint density at radius 3 is 3.00 bits per heavy atom. The summed E-state index contributed by atoms with van der Waals surface area (Å²) in [5, 5.41) is 8.85. The second-order valence-electron chi connectivity index (χ2n) is 5.57. The Hall–Kier alpha value is -0.980. The van der Waals surface area contributed by atoms with E-state index in [9.17, 15) is 9.59 Å². The molecule has 0 aromatic carbocycles. The molecule has 6 nitrogen and oxygen atoms in total. The minimum atomic E-state index is -0.856. The minimum Gasteiger partial charge on any atom is -0.481 e. The van der Waals surface area contributed by atoms with E-state index in [1.165, 1.54) is 0 Å². The third-order valence-electron chi connectivity index (χ3n) is 4.49. The Kier molecular flexibility index (Phi) is 2.01. The SMILES string of the molecule is O=C(O)C[C@H]1CC[C@@H]2O[C@@H]3C[C@@]2(O1)C1O[C@H]1C3=O. The zero-order valence-electron chi connectivity index (χ0n) is 9.70. The van der Waals surface area contributed by atoms with Gasteiger partial charge in [-0.3, -0.25) is 9.59 Å². The Balaban J connectivity index is 1.61.